The number of amides is 1. The van der Waals surface area contributed by atoms with Crippen molar-refractivity contribution in [2.45, 2.75) is 32.1 Å². The lowest BCUT2D eigenvalue weighted by Gasteiger charge is -2.47. The monoisotopic (exact) mass is 336 g/mol. The lowest BCUT2D eigenvalue weighted by molar-refractivity contribution is 0.0685. The second-order valence-electron chi connectivity index (χ2n) is 6.83. The molecule has 1 amide bonds. The molecule has 1 spiro atoms. The van der Waals surface area contributed by atoms with Gasteiger partial charge in [0.2, 0.25) is 0 Å². The summed E-state index contributed by atoms with van der Waals surface area (Å²) in [6.07, 6.45) is 0.730. The van der Waals surface area contributed by atoms with Crippen LogP contribution in [-0.2, 0) is 22.3 Å². The average molecular weight is 336 g/mol. The van der Waals surface area contributed by atoms with Gasteiger partial charge in [0.05, 0.1) is 11.0 Å². The van der Waals surface area contributed by atoms with E-state index in [-0.39, 0.29) is 16.8 Å². The molecule has 2 aliphatic rings. The zero-order chi connectivity index (χ0) is 16.4. The first kappa shape index (κ1) is 16.5. The molecule has 0 bridgehead atoms. The molecule has 2 heterocycles. The Morgan fingerprint density at radius 1 is 1.26 bits per heavy atom. The number of ether oxygens (including phenoxy) is 1. The molecular weight excluding hydrogens is 312 g/mol. The highest BCUT2D eigenvalue weighted by atomic mass is 32.2. The lowest BCUT2D eigenvalue weighted by Crippen LogP contribution is -2.59. The van der Waals surface area contributed by atoms with Crippen LogP contribution in [0.5, 0.6) is 0 Å². The van der Waals surface area contributed by atoms with Crippen molar-refractivity contribution in [2.24, 2.45) is 5.41 Å². The highest BCUT2D eigenvalue weighted by Crippen LogP contribution is 2.40. The van der Waals surface area contributed by atoms with E-state index in [1.54, 1.807) is 4.90 Å². The molecular formula is C17H24N2O3S. The van der Waals surface area contributed by atoms with Gasteiger partial charge >= 0.3 is 6.09 Å². The van der Waals surface area contributed by atoms with Crippen molar-refractivity contribution in [1.82, 2.24) is 9.21 Å². The highest BCUT2D eigenvalue weighted by Gasteiger charge is 2.50. The first-order valence-corrected chi connectivity index (χ1v) is 9.27. The minimum atomic E-state index is -0.903. The van der Waals surface area contributed by atoms with Crippen molar-refractivity contribution in [3.63, 3.8) is 0 Å². The predicted octanol–water partition coefficient (Wildman–Crippen LogP) is 2.40. The van der Waals surface area contributed by atoms with Crippen LogP contribution in [0.25, 0.3) is 0 Å². The van der Waals surface area contributed by atoms with Gasteiger partial charge in [-0.1, -0.05) is 30.3 Å². The van der Waals surface area contributed by atoms with E-state index in [2.05, 4.69) is 0 Å². The van der Waals surface area contributed by atoms with Crippen LogP contribution in [0.3, 0.4) is 0 Å². The summed E-state index contributed by atoms with van der Waals surface area (Å²) in [6, 6.07) is 9.71. The quantitative estimate of drug-likeness (QED) is 0.848. The van der Waals surface area contributed by atoms with Crippen molar-refractivity contribution >= 4 is 17.1 Å². The van der Waals surface area contributed by atoms with Crippen LogP contribution in [0, 0.1) is 5.41 Å². The summed E-state index contributed by atoms with van der Waals surface area (Å²) in [6.45, 7) is 7.35. The zero-order valence-corrected chi connectivity index (χ0v) is 14.6. The van der Waals surface area contributed by atoms with E-state index >= 15 is 0 Å². The van der Waals surface area contributed by atoms with E-state index in [1.807, 2.05) is 48.5 Å². The van der Waals surface area contributed by atoms with Crippen LogP contribution in [0.2, 0.25) is 0 Å². The van der Waals surface area contributed by atoms with Gasteiger partial charge in [-0.3, -0.25) is 0 Å². The Morgan fingerprint density at radius 2 is 1.96 bits per heavy atom. The molecule has 2 aliphatic heterocycles. The number of nitrogens with zero attached hydrogens (tertiary/aromatic N) is 2. The summed E-state index contributed by atoms with van der Waals surface area (Å²) < 4.78 is 19.5. The number of hydrogen-bond acceptors (Lipinski definition) is 3. The minimum absolute atomic E-state index is 0.121. The van der Waals surface area contributed by atoms with E-state index in [4.69, 9.17) is 4.74 Å². The van der Waals surface area contributed by atoms with Crippen LogP contribution < -0.4 is 0 Å². The van der Waals surface area contributed by atoms with Crippen molar-refractivity contribution in [1.29, 1.82) is 0 Å². The second-order valence-corrected chi connectivity index (χ2v) is 8.85. The number of likely N-dealkylation sites (tertiary alicyclic amines) is 1. The Bertz CT molecular complexity index is 585. The second kappa shape index (κ2) is 6.61. The molecule has 23 heavy (non-hydrogen) atoms. The third-order valence-corrected chi connectivity index (χ3v) is 6.16. The maximum Gasteiger partial charge on any atom is 0.410 e. The molecule has 0 aliphatic carbocycles. The number of carbonyl (C=O) groups is 1. The number of hydrogen-bond donors (Lipinski definition) is 0. The number of carbonyl (C=O) groups excluding carboxylic acids is 1. The van der Waals surface area contributed by atoms with Gasteiger partial charge in [0, 0.05) is 36.8 Å². The average Bonchev–Trinajstić information content (AvgIpc) is 2.97. The van der Waals surface area contributed by atoms with E-state index < -0.39 is 11.0 Å². The molecule has 5 nitrogen and oxygen atoms in total. The number of rotatable bonds is 4. The fourth-order valence-corrected chi connectivity index (χ4v) is 4.69. The van der Waals surface area contributed by atoms with E-state index in [1.165, 1.54) is 0 Å². The van der Waals surface area contributed by atoms with E-state index in [9.17, 15) is 9.00 Å². The van der Waals surface area contributed by atoms with Crippen LogP contribution in [-0.4, -0.2) is 50.9 Å². The van der Waals surface area contributed by atoms with Crippen LogP contribution in [0.1, 0.15) is 25.8 Å². The third kappa shape index (κ3) is 3.58. The summed E-state index contributed by atoms with van der Waals surface area (Å²) in [5.41, 5.74) is 1.12. The topological polar surface area (TPSA) is 49.9 Å². The van der Waals surface area contributed by atoms with Crippen LogP contribution >= 0.6 is 0 Å². The summed E-state index contributed by atoms with van der Waals surface area (Å²) in [4.78, 5) is 14.0. The highest BCUT2D eigenvalue weighted by molar-refractivity contribution is 7.83. The molecule has 6 heteroatoms. The van der Waals surface area contributed by atoms with Gasteiger partial charge in [-0.25, -0.2) is 13.3 Å². The molecule has 1 unspecified atom stereocenters. The maximum atomic E-state index is 12.2. The van der Waals surface area contributed by atoms with Crippen molar-refractivity contribution in [3.05, 3.63) is 35.9 Å². The number of benzene rings is 1. The van der Waals surface area contributed by atoms with Crippen LogP contribution in [0.15, 0.2) is 30.3 Å². The maximum absolute atomic E-state index is 12.2. The van der Waals surface area contributed by atoms with Gasteiger partial charge < -0.3 is 9.64 Å². The van der Waals surface area contributed by atoms with Gasteiger partial charge in [-0.05, 0) is 25.8 Å². The Hall–Kier alpha value is -1.40. The Labute approximate surface area is 140 Å². The molecule has 3 rings (SSSR count). The summed E-state index contributed by atoms with van der Waals surface area (Å²) >= 11 is 0. The van der Waals surface area contributed by atoms with Gasteiger partial charge in [0.25, 0.3) is 0 Å². The summed E-state index contributed by atoms with van der Waals surface area (Å²) in [5.74, 6) is 0. The molecule has 0 aromatic heterocycles. The molecule has 126 valence electrons. The first-order chi connectivity index (χ1) is 11.0. The van der Waals surface area contributed by atoms with Gasteiger partial charge in [0.1, 0.15) is 6.61 Å². The minimum Gasteiger partial charge on any atom is -0.445 e. The smallest absolute Gasteiger partial charge is 0.410 e. The van der Waals surface area contributed by atoms with Gasteiger partial charge in [-0.15, -0.1) is 0 Å². The normalized spacial score (nSPS) is 21.4. The fourth-order valence-electron chi connectivity index (χ4n) is 3.29. The molecule has 0 N–H and O–H groups in total. The summed E-state index contributed by atoms with van der Waals surface area (Å²) in [7, 11) is -0.903. The largest absolute Gasteiger partial charge is 0.445 e. The molecule has 0 radical (unpaired) electrons. The predicted molar refractivity (Wildman–Crippen MR) is 90.1 cm³/mol. The fraction of sp³-hybridized carbons (Fsp3) is 0.588. The molecule has 2 fully saturated rings. The molecule has 0 saturated carbocycles. The van der Waals surface area contributed by atoms with Crippen molar-refractivity contribution in [3.8, 4) is 0 Å². The zero-order valence-electron chi connectivity index (χ0n) is 13.7. The molecule has 1 atom stereocenters. The molecule has 1 aromatic carbocycles. The Kier molecular flexibility index (Phi) is 4.73. The van der Waals surface area contributed by atoms with Gasteiger partial charge in [-0.2, -0.15) is 0 Å². The Morgan fingerprint density at radius 3 is 2.61 bits per heavy atom. The van der Waals surface area contributed by atoms with Crippen molar-refractivity contribution < 1.29 is 13.7 Å². The third-order valence-electron chi connectivity index (χ3n) is 4.58. The van der Waals surface area contributed by atoms with E-state index in [0.29, 0.717) is 13.2 Å². The molecule has 2 saturated heterocycles. The van der Waals surface area contributed by atoms with E-state index in [0.717, 1.165) is 31.6 Å². The lowest BCUT2D eigenvalue weighted by atomic mass is 9.81. The Balaban J connectivity index is 1.47. The summed E-state index contributed by atoms with van der Waals surface area (Å²) in [5, 5.41) is 0.153. The SMILES string of the molecule is CC(C)S(=O)N1CC2(CCN(C(=O)OCc3ccccc3)C2)C1. The van der Waals surface area contributed by atoms with Gasteiger partial charge in [0.15, 0.2) is 0 Å². The van der Waals surface area contributed by atoms with Crippen molar-refractivity contribution in [2.75, 3.05) is 26.2 Å². The first-order valence-electron chi connectivity index (χ1n) is 8.10. The van der Waals surface area contributed by atoms with Crippen LogP contribution in [0.4, 0.5) is 4.79 Å². The molecule has 1 aromatic rings. The standard InChI is InChI=1S/C17H24N2O3S/c1-14(2)23(21)19-12-17(13-19)8-9-18(11-17)16(20)22-10-15-6-4-3-5-7-15/h3-7,14H,8-13H2,1-2H3.